The van der Waals surface area contributed by atoms with Crippen LogP contribution >= 0.6 is 11.6 Å². The lowest BCUT2D eigenvalue weighted by molar-refractivity contribution is 0.410. The van der Waals surface area contributed by atoms with E-state index >= 15 is 0 Å². The molecule has 9 heteroatoms. The zero-order valence-electron chi connectivity index (χ0n) is 19.2. The molecule has 0 bridgehead atoms. The van der Waals surface area contributed by atoms with Crippen LogP contribution < -0.4 is 15.8 Å². The van der Waals surface area contributed by atoms with Gasteiger partial charge in [-0.15, -0.1) is 0 Å². The van der Waals surface area contributed by atoms with Gasteiger partial charge in [0.05, 0.1) is 5.02 Å². The minimum absolute atomic E-state index is 0.0587. The van der Waals surface area contributed by atoms with E-state index < -0.39 is 10.0 Å². The molecule has 1 aliphatic carbocycles. The summed E-state index contributed by atoms with van der Waals surface area (Å²) in [6.45, 7) is 1.97. The summed E-state index contributed by atoms with van der Waals surface area (Å²) in [6, 6.07) is 12.7. The number of nitrogens with two attached hydrogens (primary N) is 1. The maximum atomic E-state index is 12.7. The number of aromatic nitrogens is 2. The fourth-order valence-corrected chi connectivity index (χ4v) is 5.77. The number of aryl methyl sites for hydroxylation is 3. The number of anilines is 2. The molecule has 34 heavy (non-hydrogen) atoms. The molecular weight excluding hydrogens is 470 g/mol. The van der Waals surface area contributed by atoms with Gasteiger partial charge in [-0.3, -0.25) is 4.72 Å². The first-order valence-corrected chi connectivity index (χ1v) is 13.4. The normalized spacial score (nSPS) is 18.4. The molecule has 0 saturated heterocycles. The van der Waals surface area contributed by atoms with E-state index in [1.165, 1.54) is 6.07 Å². The molecule has 3 aromatic rings. The molecule has 7 nitrogen and oxygen atoms in total. The maximum Gasteiger partial charge on any atom is 0.263 e. The fourth-order valence-electron chi connectivity index (χ4n) is 4.20. The highest BCUT2D eigenvalue weighted by molar-refractivity contribution is 7.92. The second kappa shape index (κ2) is 10.7. The van der Waals surface area contributed by atoms with Gasteiger partial charge < -0.3 is 11.1 Å². The van der Waals surface area contributed by atoms with E-state index in [9.17, 15) is 8.42 Å². The Hall–Kier alpha value is -2.68. The van der Waals surface area contributed by atoms with Gasteiger partial charge in [-0.05, 0) is 86.4 Å². The van der Waals surface area contributed by atoms with E-state index in [0.717, 1.165) is 55.2 Å². The first kappa shape index (κ1) is 24.4. The molecular formula is C25H30ClN5O2S. The molecule has 0 atom stereocenters. The minimum atomic E-state index is -3.76. The number of hydrogen-bond donors (Lipinski definition) is 3. The number of rotatable bonds is 8. The van der Waals surface area contributed by atoms with Crippen LogP contribution in [0.25, 0.3) is 0 Å². The van der Waals surface area contributed by atoms with Crippen molar-refractivity contribution in [1.82, 2.24) is 9.97 Å². The highest BCUT2D eigenvalue weighted by Gasteiger charge is 2.19. The van der Waals surface area contributed by atoms with Crippen LogP contribution in [0, 0.1) is 6.92 Å². The maximum absolute atomic E-state index is 12.7. The fraction of sp³-hybridized carbons (Fsp3) is 0.360. The molecule has 2 aromatic carbocycles. The highest BCUT2D eigenvalue weighted by atomic mass is 35.5. The Morgan fingerprint density at radius 3 is 2.41 bits per heavy atom. The van der Waals surface area contributed by atoms with Gasteiger partial charge in [-0.2, -0.15) is 0 Å². The van der Waals surface area contributed by atoms with Gasteiger partial charge in [0.2, 0.25) is 5.95 Å². The van der Waals surface area contributed by atoms with Crippen LogP contribution in [0.3, 0.4) is 0 Å². The van der Waals surface area contributed by atoms with Crippen LogP contribution in [0.15, 0.2) is 59.8 Å². The summed E-state index contributed by atoms with van der Waals surface area (Å²) in [5.74, 6) is 0.663. The predicted octanol–water partition coefficient (Wildman–Crippen LogP) is 4.71. The van der Waals surface area contributed by atoms with Gasteiger partial charge in [-0.1, -0.05) is 29.8 Å². The molecule has 0 spiro atoms. The summed E-state index contributed by atoms with van der Waals surface area (Å²) in [4.78, 5) is 9.01. The van der Waals surface area contributed by atoms with Crippen molar-refractivity contribution in [2.45, 2.75) is 62.4 Å². The van der Waals surface area contributed by atoms with Crippen LogP contribution in [0.4, 0.5) is 11.6 Å². The number of hydrogen-bond acceptors (Lipinski definition) is 6. The van der Waals surface area contributed by atoms with Crippen molar-refractivity contribution in [1.29, 1.82) is 0 Å². The van der Waals surface area contributed by atoms with Crippen LogP contribution in [0.1, 0.15) is 42.4 Å². The Balaban J connectivity index is 1.33. The number of sulfonamides is 1. The smallest absolute Gasteiger partial charge is 0.263 e. The van der Waals surface area contributed by atoms with E-state index in [4.69, 9.17) is 17.3 Å². The highest BCUT2D eigenvalue weighted by Crippen LogP contribution is 2.25. The van der Waals surface area contributed by atoms with Gasteiger partial charge in [-0.25, -0.2) is 18.4 Å². The number of benzene rings is 2. The van der Waals surface area contributed by atoms with Crippen molar-refractivity contribution in [3.8, 4) is 0 Å². The predicted molar refractivity (Wildman–Crippen MR) is 137 cm³/mol. The Kier molecular flexibility index (Phi) is 7.70. The van der Waals surface area contributed by atoms with Crippen LogP contribution in [-0.2, 0) is 22.9 Å². The molecule has 1 aromatic heterocycles. The lowest BCUT2D eigenvalue weighted by Gasteiger charge is -2.26. The van der Waals surface area contributed by atoms with E-state index in [0.29, 0.717) is 23.7 Å². The standard InChI is InChI=1S/C25H30ClN5O2S/c1-17-14-22(31-34(32,33)24-5-3-2-4-23(24)26)11-8-19(17)7-6-18-15-28-25(29-16-18)30-21-12-9-20(27)10-13-21/h2-5,8,11,14-16,20-21,31H,6-7,9-10,12-13,27H2,1H3,(H,28,29,30). The SMILES string of the molecule is Cc1cc(NS(=O)(=O)c2ccccc2Cl)ccc1CCc1cnc(NC2CCC(N)CC2)nc1. The Morgan fingerprint density at radius 2 is 1.74 bits per heavy atom. The molecule has 0 unspecified atom stereocenters. The zero-order chi connectivity index (χ0) is 24.1. The number of halogens is 1. The van der Waals surface area contributed by atoms with Gasteiger partial charge in [0.25, 0.3) is 10.0 Å². The zero-order valence-corrected chi connectivity index (χ0v) is 20.7. The van der Waals surface area contributed by atoms with E-state index in [1.807, 2.05) is 31.5 Å². The molecule has 180 valence electrons. The molecule has 1 heterocycles. The van der Waals surface area contributed by atoms with E-state index in [-0.39, 0.29) is 9.92 Å². The van der Waals surface area contributed by atoms with Gasteiger partial charge >= 0.3 is 0 Å². The summed E-state index contributed by atoms with van der Waals surface area (Å²) in [6.07, 6.45) is 9.51. The molecule has 1 aliphatic rings. The first-order valence-electron chi connectivity index (χ1n) is 11.5. The van der Waals surface area contributed by atoms with Crippen molar-refractivity contribution < 1.29 is 8.42 Å². The third-order valence-electron chi connectivity index (χ3n) is 6.21. The van der Waals surface area contributed by atoms with Crippen LogP contribution in [0.2, 0.25) is 5.02 Å². The topological polar surface area (TPSA) is 110 Å². The second-order valence-corrected chi connectivity index (χ2v) is 10.9. The summed E-state index contributed by atoms with van der Waals surface area (Å²) >= 11 is 6.06. The second-order valence-electron chi connectivity index (χ2n) is 8.85. The molecule has 0 aliphatic heterocycles. The van der Waals surface area contributed by atoms with Gasteiger partial charge in [0.15, 0.2) is 0 Å². The average Bonchev–Trinajstić information content (AvgIpc) is 2.81. The van der Waals surface area contributed by atoms with Crippen molar-refractivity contribution in [3.05, 3.63) is 76.6 Å². The third kappa shape index (κ3) is 6.25. The number of nitrogens with zero attached hydrogens (tertiary/aromatic N) is 2. The van der Waals surface area contributed by atoms with Crippen molar-refractivity contribution in [2.24, 2.45) is 5.73 Å². The summed E-state index contributed by atoms with van der Waals surface area (Å²) in [7, 11) is -3.76. The Bertz CT molecular complexity index is 1230. The summed E-state index contributed by atoms with van der Waals surface area (Å²) in [5.41, 5.74) is 9.68. The van der Waals surface area contributed by atoms with Crippen LogP contribution in [0.5, 0.6) is 0 Å². The molecule has 4 N–H and O–H groups in total. The molecule has 1 fully saturated rings. The largest absolute Gasteiger partial charge is 0.351 e. The Morgan fingerprint density at radius 1 is 1.03 bits per heavy atom. The van der Waals surface area contributed by atoms with Crippen molar-refractivity contribution >= 4 is 33.3 Å². The van der Waals surface area contributed by atoms with Gasteiger partial charge in [0, 0.05) is 30.2 Å². The molecule has 4 rings (SSSR count). The lowest BCUT2D eigenvalue weighted by Crippen LogP contribution is -2.33. The average molecular weight is 500 g/mol. The van der Waals surface area contributed by atoms with Gasteiger partial charge in [0.1, 0.15) is 4.90 Å². The lowest BCUT2D eigenvalue weighted by atomic mass is 9.92. The van der Waals surface area contributed by atoms with Crippen molar-refractivity contribution in [3.63, 3.8) is 0 Å². The monoisotopic (exact) mass is 499 g/mol. The summed E-state index contributed by atoms with van der Waals surface area (Å²) < 4.78 is 28.0. The number of nitrogens with one attached hydrogen (secondary N) is 2. The molecule has 1 saturated carbocycles. The van der Waals surface area contributed by atoms with Crippen molar-refractivity contribution in [2.75, 3.05) is 10.0 Å². The molecule has 0 amide bonds. The first-order chi connectivity index (χ1) is 16.3. The molecule has 0 radical (unpaired) electrons. The quantitative estimate of drug-likeness (QED) is 0.414. The van der Waals surface area contributed by atoms with Crippen LogP contribution in [-0.4, -0.2) is 30.5 Å². The van der Waals surface area contributed by atoms with E-state index in [2.05, 4.69) is 20.0 Å². The van der Waals surface area contributed by atoms with E-state index in [1.54, 1.807) is 24.3 Å². The minimum Gasteiger partial charge on any atom is -0.351 e. The summed E-state index contributed by atoms with van der Waals surface area (Å²) in [5, 5.41) is 3.60. The third-order valence-corrected chi connectivity index (χ3v) is 8.10. The Labute approximate surface area is 206 Å².